The summed E-state index contributed by atoms with van der Waals surface area (Å²) in [4.78, 5) is 2.02. The zero-order valence-corrected chi connectivity index (χ0v) is 10.1. The van der Waals surface area contributed by atoms with Crippen LogP contribution in [0.2, 0.25) is 0 Å². The third-order valence-electron chi connectivity index (χ3n) is 2.26. The van der Waals surface area contributed by atoms with Crippen LogP contribution in [0.15, 0.2) is 18.2 Å². The van der Waals surface area contributed by atoms with E-state index in [1.54, 1.807) is 0 Å². The van der Waals surface area contributed by atoms with Gasteiger partial charge in [-0.1, -0.05) is 6.07 Å². The van der Waals surface area contributed by atoms with E-state index in [0.717, 1.165) is 19.0 Å². The lowest BCUT2D eigenvalue weighted by molar-refractivity contribution is 0.271. The standard InChI is InChI=1S/C11H17BFNO3/c1-14(2)6-3-7-17-11-5-4-9(12(15)16)8-10(11)13/h4-5,8,15-16H,3,6-7H2,1-2H3. The van der Waals surface area contributed by atoms with E-state index < -0.39 is 12.9 Å². The molecule has 4 nitrogen and oxygen atoms in total. The van der Waals surface area contributed by atoms with Crippen LogP contribution in [-0.4, -0.2) is 49.3 Å². The predicted octanol–water partition coefficient (Wildman–Crippen LogP) is -0.164. The van der Waals surface area contributed by atoms with Crippen LogP contribution in [0, 0.1) is 5.82 Å². The molecule has 0 spiro atoms. The highest BCUT2D eigenvalue weighted by Crippen LogP contribution is 2.14. The Labute approximate surface area is 101 Å². The smallest absolute Gasteiger partial charge is 0.488 e. The monoisotopic (exact) mass is 241 g/mol. The Kier molecular flexibility index (Phi) is 5.41. The Morgan fingerprint density at radius 2 is 2.06 bits per heavy atom. The van der Waals surface area contributed by atoms with Gasteiger partial charge in [0.1, 0.15) is 0 Å². The van der Waals surface area contributed by atoms with Gasteiger partial charge >= 0.3 is 7.12 Å². The number of hydrogen-bond acceptors (Lipinski definition) is 4. The highest BCUT2D eigenvalue weighted by molar-refractivity contribution is 6.58. The van der Waals surface area contributed by atoms with E-state index in [2.05, 4.69) is 0 Å². The lowest BCUT2D eigenvalue weighted by atomic mass is 9.80. The molecule has 0 fully saturated rings. The van der Waals surface area contributed by atoms with Crippen molar-refractivity contribution in [2.24, 2.45) is 0 Å². The highest BCUT2D eigenvalue weighted by atomic mass is 19.1. The summed E-state index contributed by atoms with van der Waals surface area (Å²) in [5.41, 5.74) is 0.114. The molecule has 94 valence electrons. The molecule has 0 unspecified atom stereocenters. The SMILES string of the molecule is CN(C)CCCOc1ccc(B(O)O)cc1F. The number of halogens is 1. The molecule has 0 aliphatic heterocycles. The molecule has 0 amide bonds. The summed E-state index contributed by atoms with van der Waals surface area (Å²) in [5.74, 6) is -0.450. The molecule has 0 heterocycles. The molecule has 17 heavy (non-hydrogen) atoms. The van der Waals surface area contributed by atoms with Gasteiger partial charge < -0.3 is 19.7 Å². The Morgan fingerprint density at radius 1 is 1.35 bits per heavy atom. The van der Waals surface area contributed by atoms with Crippen molar-refractivity contribution in [2.45, 2.75) is 6.42 Å². The predicted molar refractivity (Wildman–Crippen MR) is 64.9 cm³/mol. The minimum absolute atomic E-state index is 0.114. The van der Waals surface area contributed by atoms with E-state index in [1.807, 2.05) is 19.0 Å². The maximum absolute atomic E-state index is 13.4. The molecule has 0 aromatic heterocycles. The van der Waals surface area contributed by atoms with Crippen LogP contribution < -0.4 is 10.2 Å². The van der Waals surface area contributed by atoms with Gasteiger partial charge in [0, 0.05) is 6.54 Å². The zero-order chi connectivity index (χ0) is 12.8. The van der Waals surface area contributed by atoms with Crippen molar-refractivity contribution < 1.29 is 19.2 Å². The van der Waals surface area contributed by atoms with Crippen molar-refractivity contribution in [2.75, 3.05) is 27.2 Å². The van der Waals surface area contributed by atoms with E-state index in [1.165, 1.54) is 12.1 Å². The van der Waals surface area contributed by atoms with Crippen molar-refractivity contribution in [3.05, 3.63) is 24.0 Å². The van der Waals surface area contributed by atoms with Crippen LogP contribution >= 0.6 is 0 Å². The van der Waals surface area contributed by atoms with Gasteiger partial charge in [-0.15, -0.1) is 0 Å². The Hall–Kier alpha value is -1.11. The third kappa shape index (κ3) is 4.72. The summed E-state index contributed by atoms with van der Waals surface area (Å²) in [7, 11) is 2.25. The summed E-state index contributed by atoms with van der Waals surface area (Å²) in [6.07, 6.45) is 0.802. The van der Waals surface area contributed by atoms with Crippen LogP contribution in [0.1, 0.15) is 6.42 Å². The van der Waals surface area contributed by atoms with E-state index in [4.69, 9.17) is 14.8 Å². The number of rotatable bonds is 6. The molecule has 1 aromatic rings. The second-order valence-electron chi connectivity index (χ2n) is 4.07. The Bertz CT molecular complexity index is 361. The van der Waals surface area contributed by atoms with Gasteiger partial charge in [0.2, 0.25) is 0 Å². The van der Waals surface area contributed by atoms with Gasteiger partial charge in [-0.2, -0.15) is 0 Å². The maximum Gasteiger partial charge on any atom is 0.488 e. The fourth-order valence-electron chi connectivity index (χ4n) is 1.36. The quantitative estimate of drug-likeness (QED) is 0.536. The molecule has 1 aromatic carbocycles. The Morgan fingerprint density at radius 3 is 2.59 bits per heavy atom. The first-order chi connectivity index (χ1) is 8.00. The lowest BCUT2D eigenvalue weighted by Crippen LogP contribution is -2.30. The average Bonchev–Trinajstić information content (AvgIpc) is 2.25. The van der Waals surface area contributed by atoms with Gasteiger partial charge in [0.15, 0.2) is 11.6 Å². The molecule has 0 aliphatic carbocycles. The number of nitrogens with zero attached hydrogens (tertiary/aromatic N) is 1. The molecular weight excluding hydrogens is 224 g/mol. The second-order valence-corrected chi connectivity index (χ2v) is 4.07. The Balaban J connectivity index is 2.49. The minimum Gasteiger partial charge on any atom is -0.490 e. The molecule has 0 bridgehead atoms. The van der Waals surface area contributed by atoms with Crippen LogP contribution in [0.5, 0.6) is 5.75 Å². The average molecular weight is 241 g/mol. The van der Waals surface area contributed by atoms with Crippen LogP contribution in [-0.2, 0) is 0 Å². The largest absolute Gasteiger partial charge is 0.490 e. The number of hydrogen-bond donors (Lipinski definition) is 2. The van der Waals surface area contributed by atoms with Gasteiger partial charge in [0.05, 0.1) is 6.61 Å². The molecule has 0 saturated heterocycles. The number of benzene rings is 1. The van der Waals surface area contributed by atoms with E-state index in [-0.39, 0.29) is 11.2 Å². The first kappa shape index (κ1) is 14.0. The van der Waals surface area contributed by atoms with E-state index in [0.29, 0.717) is 6.61 Å². The van der Waals surface area contributed by atoms with Crippen molar-refractivity contribution >= 4 is 12.6 Å². The molecule has 0 saturated carbocycles. The summed E-state index contributed by atoms with van der Waals surface area (Å²) >= 11 is 0. The summed E-state index contributed by atoms with van der Waals surface area (Å²) in [6.45, 7) is 1.30. The molecule has 2 N–H and O–H groups in total. The van der Waals surface area contributed by atoms with Crippen molar-refractivity contribution in [1.82, 2.24) is 4.90 Å². The van der Waals surface area contributed by atoms with E-state index in [9.17, 15) is 4.39 Å². The molecule has 1 rings (SSSR count). The minimum atomic E-state index is -1.66. The normalized spacial score (nSPS) is 10.7. The maximum atomic E-state index is 13.4. The van der Waals surface area contributed by atoms with Gasteiger partial charge in [0.25, 0.3) is 0 Å². The van der Waals surface area contributed by atoms with Gasteiger partial charge in [-0.05, 0) is 38.1 Å². The zero-order valence-electron chi connectivity index (χ0n) is 10.1. The van der Waals surface area contributed by atoms with Crippen LogP contribution in [0.25, 0.3) is 0 Å². The van der Waals surface area contributed by atoms with Crippen LogP contribution in [0.4, 0.5) is 4.39 Å². The van der Waals surface area contributed by atoms with Crippen molar-refractivity contribution in [1.29, 1.82) is 0 Å². The lowest BCUT2D eigenvalue weighted by Gasteiger charge is -2.11. The van der Waals surface area contributed by atoms with Crippen molar-refractivity contribution in [3.63, 3.8) is 0 Å². The van der Waals surface area contributed by atoms with Crippen molar-refractivity contribution in [3.8, 4) is 5.75 Å². The second kappa shape index (κ2) is 6.59. The number of ether oxygens (including phenoxy) is 1. The molecule has 0 atom stereocenters. The fourth-order valence-corrected chi connectivity index (χ4v) is 1.36. The van der Waals surface area contributed by atoms with E-state index >= 15 is 0 Å². The molecule has 6 heteroatoms. The summed E-state index contributed by atoms with van der Waals surface area (Å²) < 4.78 is 18.7. The topological polar surface area (TPSA) is 52.9 Å². The summed E-state index contributed by atoms with van der Waals surface area (Å²) in [6, 6.07) is 3.89. The highest BCUT2D eigenvalue weighted by Gasteiger charge is 2.13. The first-order valence-electron chi connectivity index (χ1n) is 5.44. The first-order valence-corrected chi connectivity index (χ1v) is 5.44. The molecule has 0 radical (unpaired) electrons. The summed E-state index contributed by atoms with van der Waals surface area (Å²) in [5, 5.41) is 17.7. The fraction of sp³-hybridized carbons (Fsp3) is 0.455. The van der Waals surface area contributed by atoms with Gasteiger partial charge in [-0.25, -0.2) is 4.39 Å². The third-order valence-corrected chi connectivity index (χ3v) is 2.26. The molecule has 0 aliphatic rings. The van der Waals surface area contributed by atoms with Gasteiger partial charge in [-0.3, -0.25) is 0 Å². The molecular formula is C11H17BFNO3. The van der Waals surface area contributed by atoms with Crippen LogP contribution in [0.3, 0.4) is 0 Å².